The Kier molecular flexibility index (Phi) is 4.03. The van der Waals surface area contributed by atoms with Gasteiger partial charge in [0.25, 0.3) is 0 Å². The van der Waals surface area contributed by atoms with E-state index in [1.54, 1.807) is 6.26 Å². The van der Waals surface area contributed by atoms with Crippen LogP contribution in [-0.4, -0.2) is 26.7 Å². The van der Waals surface area contributed by atoms with Gasteiger partial charge >= 0.3 is 0 Å². The Balaban J connectivity index is 1.44. The summed E-state index contributed by atoms with van der Waals surface area (Å²) in [6, 6.07) is 6.19. The summed E-state index contributed by atoms with van der Waals surface area (Å²) < 4.78 is 7.73. The predicted octanol–water partition coefficient (Wildman–Crippen LogP) is 2.57. The van der Waals surface area contributed by atoms with Crippen molar-refractivity contribution in [2.24, 2.45) is 0 Å². The average molecular weight is 338 g/mol. The summed E-state index contributed by atoms with van der Waals surface area (Å²) in [6.45, 7) is 4.86. The summed E-state index contributed by atoms with van der Waals surface area (Å²) >= 11 is 0. The Hall–Kier alpha value is -2.63. The highest BCUT2D eigenvalue weighted by atomic mass is 16.3. The number of fused-ring (bicyclic) bond motifs is 2. The zero-order valence-electron chi connectivity index (χ0n) is 14.6. The zero-order chi connectivity index (χ0) is 17.4. The Morgan fingerprint density at radius 1 is 1.40 bits per heavy atom. The molecule has 1 aliphatic heterocycles. The van der Waals surface area contributed by atoms with E-state index in [-0.39, 0.29) is 11.9 Å². The second-order valence-electron chi connectivity index (χ2n) is 6.74. The Morgan fingerprint density at radius 3 is 3.12 bits per heavy atom. The van der Waals surface area contributed by atoms with E-state index in [2.05, 4.69) is 27.0 Å². The molecule has 0 radical (unpaired) electrons. The Bertz CT molecular complexity index is 911. The highest BCUT2D eigenvalue weighted by Crippen LogP contribution is 2.23. The number of hydrogen-bond acceptors (Lipinski definition) is 4. The summed E-state index contributed by atoms with van der Waals surface area (Å²) in [5.74, 6) is 2.05. The molecule has 3 heterocycles. The van der Waals surface area contributed by atoms with Crippen molar-refractivity contribution in [2.45, 2.75) is 52.1 Å². The molecule has 4 rings (SSSR count). The van der Waals surface area contributed by atoms with Crippen LogP contribution in [-0.2, 0) is 30.6 Å². The average Bonchev–Trinajstić information content (AvgIpc) is 3.18. The standard InChI is InChI=1S/C19H22N4O2/c1-3-17-21-22-18-7-5-14(10-23(17)18)20-19(24)9-13-11-25-16-8-12(2)4-6-15(13)16/h4,6,8,11,14H,3,5,7,9-10H2,1-2H3,(H,20,24). The number of benzene rings is 1. The fraction of sp³-hybridized carbons (Fsp3) is 0.421. The van der Waals surface area contributed by atoms with Gasteiger partial charge in [-0.15, -0.1) is 10.2 Å². The van der Waals surface area contributed by atoms with Crippen molar-refractivity contribution >= 4 is 16.9 Å². The Morgan fingerprint density at radius 2 is 2.28 bits per heavy atom. The normalized spacial score (nSPS) is 16.8. The summed E-state index contributed by atoms with van der Waals surface area (Å²) in [6.07, 6.45) is 4.64. The van der Waals surface area contributed by atoms with Crippen molar-refractivity contribution in [3.05, 3.63) is 47.2 Å². The molecule has 1 aromatic carbocycles. The number of rotatable bonds is 4. The maximum absolute atomic E-state index is 12.5. The minimum atomic E-state index is 0.0304. The lowest BCUT2D eigenvalue weighted by atomic mass is 10.1. The van der Waals surface area contributed by atoms with Gasteiger partial charge in [-0.05, 0) is 25.0 Å². The molecule has 1 N–H and O–H groups in total. The first-order chi connectivity index (χ1) is 12.1. The largest absolute Gasteiger partial charge is 0.464 e. The number of carbonyl (C=O) groups excluding carboxylic acids is 1. The molecule has 3 aromatic rings. The lowest BCUT2D eigenvalue weighted by Crippen LogP contribution is -2.42. The maximum Gasteiger partial charge on any atom is 0.224 e. The lowest BCUT2D eigenvalue weighted by molar-refractivity contribution is -0.121. The van der Waals surface area contributed by atoms with Crippen molar-refractivity contribution in [3.63, 3.8) is 0 Å². The van der Waals surface area contributed by atoms with Gasteiger partial charge in [-0.2, -0.15) is 0 Å². The van der Waals surface area contributed by atoms with Gasteiger partial charge in [0.05, 0.1) is 12.7 Å². The van der Waals surface area contributed by atoms with Crippen LogP contribution in [0.1, 0.15) is 36.1 Å². The van der Waals surface area contributed by atoms with E-state index >= 15 is 0 Å². The molecule has 0 aliphatic carbocycles. The van der Waals surface area contributed by atoms with Gasteiger partial charge in [0, 0.05) is 36.4 Å². The number of amides is 1. The molecule has 0 saturated carbocycles. The van der Waals surface area contributed by atoms with Gasteiger partial charge in [-0.25, -0.2) is 0 Å². The topological polar surface area (TPSA) is 73.0 Å². The van der Waals surface area contributed by atoms with E-state index in [1.165, 1.54) is 0 Å². The molecule has 1 amide bonds. The van der Waals surface area contributed by atoms with Crippen LogP contribution in [0.3, 0.4) is 0 Å². The monoisotopic (exact) mass is 338 g/mol. The number of hydrogen-bond donors (Lipinski definition) is 1. The number of furan rings is 1. The number of aromatic nitrogens is 3. The minimum Gasteiger partial charge on any atom is -0.464 e. The molecule has 2 aromatic heterocycles. The van der Waals surface area contributed by atoms with E-state index in [0.717, 1.165) is 59.6 Å². The van der Waals surface area contributed by atoms with Crippen LogP contribution in [0.5, 0.6) is 0 Å². The van der Waals surface area contributed by atoms with Gasteiger partial charge in [0.2, 0.25) is 5.91 Å². The van der Waals surface area contributed by atoms with Crippen molar-refractivity contribution in [1.29, 1.82) is 0 Å². The minimum absolute atomic E-state index is 0.0304. The first-order valence-corrected chi connectivity index (χ1v) is 8.81. The van der Waals surface area contributed by atoms with Crippen LogP contribution in [0, 0.1) is 6.92 Å². The maximum atomic E-state index is 12.5. The quantitative estimate of drug-likeness (QED) is 0.793. The molecule has 6 nitrogen and oxygen atoms in total. The van der Waals surface area contributed by atoms with Gasteiger partial charge < -0.3 is 14.3 Å². The third kappa shape index (κ3) is 3.04. The molecule has 25 heavy (non-hydrogen) atoms. The van der Waals surface area contributed by atoms with E-state index in [1.807, 2.05) is 25.1 Å². The first-order valence-electron chi connectivity index (χ1n) is 8.81. The van der Waals surface area contributed by atoms with E-state index in [0.29, 0.717) is 6.42 Å². The predicted molar refractivity (Wildman–Crippen MR) is 94.3 cm³/mol. The molecule has 6 heteroatoms. The third-order valence-electron chi connectivity index (χ3n) is 4.87. The first kappa shape index (κ1) is 15.9. The van der Waals surface area contributed by atoms with E-state index in [9.17, 15) is 4.79 Å². The summed E-state index contributed by atoms with van der Waals surface area (Å²) in [5.41, 5.74) is 2.92. The number of nitrogens with one attached hydrogen (secondary N) is 1. The smallest absolute Gasteiger partial charge is 0.224 e. The Labute approximate surface area is 146 Å². The highest BCUT2D eigenvalue weighted by molar-refractivity contribution is 5.88. The molecule has 0 fully saturated rings. The highest BCUT2D eigenvalue weighted by Gasteiger charge is 2.23. The van der Waals surface area contributed by atoms with Crippen LogP contribution in [0.4, 0.5) is 0 Å². The molecular formula is C19H22N4O2. The van der Waals surface area contributed by atoms with Crippen molar-refractivity contribution in [3.8, 4) is 0 Å². The molecule has 0 saturated heterocycles. The van der Waals surface area contributed by atoms with Crippen LogP contribution in [0.25, 0.3) is 11.0 Å². The summed E-state index contributed by atoms with van der Waals surface area (Å²) in [4.78, 5) is 12.5. The second kappa shape index (κ2) is 6.35. The second-order valence-corrected chi connectivity index (χ2v) is 6.74. The van der Waals surface area contributed by atoms with Gasteiger partial charge in [-0.1, -0.05) is 19.1 Å². The van der Waals surface area contributed by atoms with Crippen LogP contribution in [0.2, 0.25) is 0 Å². The lowest BCUT2D eigenvalue weighted by Gasteiger charge is -2.25. The van der Waals surface area contributed by atoms with Gasteiger partial charge in [0.15, 0.2) is 0 Å². The molecule has 1 unspecified atom stereocenters. The fourth-order valence-corrected chi connectivity index (χ4v) is 3.54. The molecule has 0 bridgehead atoms. The molecule has 130 valence electrons. The molecule has 1 atom stereocenters. The summed E-state index contributed by atoms with van der Waals surface area (Å²) in [5, 5.41) is 12.6. The van der Waals surface area contributed by atoms with Crippen molar-refractivity contribution in [1.82, 2.24) is 20.1 Å². The van der Waals surface area contributed by atoms with Crippen molar-refractivity contribution < 1.29 is 9.21 Å². The van der Waals surface area contributed by atoms with Crippen LogP contribution in [0.15, 0.2) is 28.9 Å². The van der Waals surface area contributed by atoms with E-state index in [4.69, 9.17) is 4.42 Å². The molecule has 0 spiro atoms. The zero-order valence-corrected chi connectivity index (χ0v) is 14.6. The molecular weight excluding hydrogens is 316 g/mol. The van der Waals surface area contributed by atoms with E-state index < -0.39 is 0 Å². The fourth-order valence-electron chi connectivity index (χ4n) is 3.54. The van der Waals surface area contributed by atoms with Gasteiger partial charge in [0.1, 0.15) is 17.2 Å². The van der Waals surface area contributed by atoms with Crippen LogP contribution >= 0.6 is 0 Å². The number of aryl methyl sites for hydroxylation is 3. The molecule has 1 aliphatic rings. The SMILES string of the molecule is CCc1nnc2n1CC(NC(=O)Cc1coc3cc(C)ccc13)CC2. The number of nitrogens with zero attached hydrogens (tertiary/aromatic N) is 3. The van der Waals surface area contributed by atoms with Gasteiger partial charge in [-0.3, -0.25) is 4.79 Å². The third-order valence-corrected chi connectivity index (χ3v) is 4.87. The summed E-state index contributed by atoms with van der Waals surface area (Å²) in [7, 11) is 0. The van der Waals surface area contributed by atoms with Crippen molar-refractivity contribution in [2.75, 3.05) is 0 Å². The number of carbonyl (C=O) groups is 1. The van der Waals surface area contributed by atoms with Crippen LogP contribution < -0.4 is 5.32 Å².